The third kappa shape index (κ3) is 3.49. The van der Waals surface area contributed by atoms with Crippen molar-refractivity contribution < 1.29 is 15.0 Å². The van der Waals surface area contributed by atoms with E-state index >= 15 is 0 Å². The summed E-state index contributed by atoms with van der Waals surface area (Å²) in [6.07, 6.45) is 3.46. The topological polar surface area (TPSA) is 79.5 Å². The van der Waals surface area contributed by atoms with E-state index in [4.69, 9.17) is 5.11 Å². The van der Waals surface area contributed by atoms with Crippen molar-refractivity contribution in [1.82, 2.24) is 4.57 Å². The number of aromatic nitrogens is 1. The number of hydrogen-bond acceptors (Lipinski definition) is 3. The Morgan fingerprint density at radius 2 is 1.81 bits per heavy atom. The van der Waals surface area contributed by atoms with Gasteiger partial charge in [-0.05, 0) is 18.9 Å². The number of pyridine rings is 1. The van der Waals surface area contributed by atoms with Crippen molar-refractivity contribution in [2.24, 2.45) is 0 Å². The molecule has 0 saturated heterocycles. The number of carboxylic acid groups (broad SMARTS) is 1. The third-order valence-corrected chi connectivity index (χ3v) is 3.54. The Balaban J connectivity index is 2.32. The highest BCUT2D eigenvalue weighted by Crippen LogP contribution is 2.17. The summed E-state index contributed by atoms with van der Waals surface area (Å²) in [4.78, 5) is 23.4. The number of aromatic carboxylic acids is 1. The molecule has 0 spiro atoms. The molecular formula is C16H19NO4. The van der Waals surface area contributed by atoms with Crippen LogP contribution in [-0.4, -0.2) is 27.4 Å². The standard InChI is InChI=1S/C16H19NO4/c18-10-6-2-1-5-9-17-14-8-4-3-7-12(14)13(16(20)21)11-15(17)19/h3-4,7-8,11,18H,1-2,5-6,9-10H2,(H,20,21). The average Bonchev–Trinajstić information content (AvgIpc) is 2.48. The number of unbranched alkanes of at least 4 members (excludes halogenated alkanes) is 3. The van der Waals surface area contributed by atoms with E-state index in [1.165, 1.54) is 6.07 Å². The summed E-state index contributed by atoms with van der Waals surface area (Å²) in [5.74, 6) is -1.08. The lowest BCUT2D eigenvalue weighted by Gasteiger charge is -2.11. The highest BCUT2D eigenvalue weighted by Gasteiger charge is 2.13. The first kappa shape index (κ1) is 15.3. The van der Waals surface area contributed by atoms with Gasteiger partial charge < -0.3 is 14.8 Å². The molecule has 0 unspecified atom stereocenters. The maximum Gasteiger partial charge on any atom is 0.336 e. The smallest absolute Gasteiger partial charge is 0.336 e. The molecule has 1 heterocycles. The van der Waals surface area contributed by atoms with Crippen LogP contribution in [0.1, 0.15) is 36.0 Å². The minimum Gasteiger partial charge on any atom is -0.478 e. The van der Waals surface area contributed by atoms with Gasteiger partial charge in [-0.1, -0.05) is 31.0 Å². The van der Waals surface area contributed by atoms with Crippen LogP contribution in [0.4, 0.5) is 0 Å². The summed E-state index contributed by atoms with van der Waals surface area (Å²) in [6.45, 7) is 0.751. The van der Waals surface area contributed by atoms with Crippen molar-refractivity contribution in [3.05, 3.63) is 46.2 Å². The number of benzene rings is 1. The van der Waals surface area contributed by atoms with Crippen molar-refractivity contribution >= 4 is 16.9 Å². The Morgan fingerprint density at radius 3 is 2.52 bits per heavy atom. The molecule has 0 amide bonds. The van der Waals surface area contributed by atoms with Gasteiger partial charge in [-0.2, -0.15) is 0 Å². The van der Waals surface area contributed by atoms with Gasteiger partial charge in [-0.25, -0.2) is 4.79 Å². The fourth-order valence-corrected chi connectivity index (χ4v) is 2.48. The second-order valence-corrected chi connectivity index (χ2v) is 5.01. The maximum atomic E-state index is 12.1. The van der Waals surface area contributed by atoms with E-state index in [0.29, 0.717) is 17.4 Å². The zero-order valence-corrected chi connectivity index (χ0v) is 11.8. The average molecular weight is 289 g/mol. The molecular weight excluding hydrogens is 270 g/mol. The Bertz CT molecular complexity index is 690. The lowest BCUT2D eigenvalue weighted by molar-refractivity contribution is 0.0698. The second kappa shape index (κ2) is 7.04. The predicted molar refractivity (Wildman–Crippen MR) is 80.7 cm³/mol. The summed E-state index contributed by atoms with van der Waals surface area (Å²) < 4.78 is 1.63. The molecule has 112 valence electrons. The van der Waals surface area contributed by atoms with E-state index in [1.54, 1.807) is 28.8 Å². The van der Waals surface area contributed by atoms with Gasteiger partial charge in [0.1, 0.15) is 0 Å². The van der Waals surface area contributed by atoms with Crippen LogP contribution in [0, 0.1) is 0 Å². The van der Waals surface area contributed by atoms with Crippen LogP contribution in [0.5, 0.6) is 0 Å². The van der Waals surface area contributed by atoms with Crippen LogP contribution in [0.25, 0.3) is 10.9 Å². The van der Waals surface area contributed by atoms with Crippen molar-refractivity contribution in [3.63, 3.8) is 0 Å². The van der Waals surface area contributed by atoms with E-state index in [9.17, 15) is 14.7 Å². The first-order chi connectivity index (χ1) is 10.1. The van der Waals surface area contributed by atoms with Crippen LogP contribution >= 0.6 is 0 Å². The molecule has 0 aliphatic rings. The van der Waals surface area contributed by atoms with Crippen LogP contribution in [0.15, 0.2) is 35.1 Å². The highest BCUT2D eigenvalue weighted by molar-refractivity contribution is 6.02. The molecule has 0 atom stereocenters. The first-order valence-electron chi connectivity index (χ1n) is 7.12. The Kier molecular flexibility index (Phi) is 5.11. The number of carbonyl (C=O) groups is 1. The Hall–Kier alpha value is -2.14. The minimum absolute atomic E-state index is 0.0483. The number of aryl methyl sites for hydroxylation is 1. The van der Waals surface area contributed by atoms with Gasteiger partial charge in [-0.3, -0.25) is 4.79 Å². The molecule has 0 fully saturated rings. The van der Waals surface area contributed by atoms with E-state index in [2.05, 4.69) is 0 Å². The largest absolute Gasteiger partial charge is 0.478 e. The molecule has 2 aromatic rings. The second-order valence-electron chi connectivity index (χ2n) is 5.01. The number of aliphatic hydroxyl groups is 1. The number of carboxylic acids is 1. The van der Waals surface area contributed by atoms with E-state index in [1.807, 2.05) is 0 Å². The van der Waals surface area contributed by atoms with Crippen molar-refractivity contribution in [1.29, 1.82) is 0 Å². The van der Waals surface area contributed by atoms with Crippen LogP contribution in [0.3, 0.4) is 0 Å². The fraction of sp³-hybridized carbons (Fsp3) is 0.375. The molecule has 0 aliphatic carbocycles. The molecule has 5 nitrogen and oxygen atoms in total. The van der Waals surface area contributed by atoms with Crippen molar-refractivity contribution in [3.8, 4) is 0 Å². The highest BCUT2D eigenvalue weighted by atomic mass is 16.4. The molecule has 2 N–H and O–H groups in total. The number of fused-ring (bicyclic) bond motifs is 1. The molecule has 0 bridgehead atoms. The van der Waals surface area contributed by atoms with Crippen molar-refractivity contribution in [2.45, 2.75) is 32.2 Å². The minimum atomic E-state index is -1.08. The predicted octanol–water partition coefficient (Wildman–Crippen LogP) is 2.25. The number of hydrogen-bond donors (Lipinski definition) is 2. The first-order valence-corrected chi connectivity index (χ1v) is 7.12. The maximum absolute atomic E-state index is 12.1. The molecule has 0 saturated carbocycles. The van der Waals surface area contributed by atoms with Gasteiger partial charge in [0.2, 0.25) is 0 Å². The Labute approximate surface area is 122 Å². The van der Waals surface area contributed by atoms with E-state index < -0.39 is 5.97 Å². The fourth-order valence-electron chi connectivity index (χ4n) is 2.48. The lowest BCUT2D eigenvalue weighted by atomic mass is 10.1. The molecule has 21 heavy (non-hydrogen) atoms. The zero-order valence-electron chi connectivity index (χ0n) is 11.8. The van der Waals surface area contributed by atoms with Gasteiger partial charge in [0.05, 0.1) is 11.1 Å². The monoisotopic (exact) mass is 289 g/mol. The third-order valence-electron chi connectivity index (χ3n) is 3.54. The zero-order chi connectivity index (χ0) is 15.2. The van der Waals surface area contributed by atoms with Gasteiger partial charge in [0, 0.05) is 24.6 Å². The number of para-hydroxylation sites is 1. The van der Waals surface area contributed by atoms with Crippen LogP contribution in [0.2, 0.25) is 0 Å². The summed E-state index contributed by atoms with van der Waals surface area (Å²) in [6, 6.07) is 8.26. The summed E-state index contributed by atoms with van der Waals surface area (Å²) in [7, 11) is 0. The van der Waals surface area contributed by atoms with Gasteiger partial charge in [0.15, 0.2) is 0 Å². The van der Waals surface area contributed by atoms with Crippen LogP contribution < -0.4 is 5.56 Å². The summed E-state index contributed by atoms with van der Waals surface area (Å²) in [5.41, 5.74) is 0.421. The molecule has 1 aromatic heterocycles. The van der Waals surface area contributed by atoms with Crippen molar-refractivity contribution in [2.75, 3.05) is 6.61 Å². The normalized spacial score (nSPS) is 10.9. The summed E-state index contributed by atoms with van der Waals surface area (Å²) in [5, 5.41) is 18.5. The molecule has 0 radical (unpaired) electrons. The summed E-state index contributed by atoms with van der Waals surface area (Å²) >= 11 is 0. The Morgan fingerprint density at radius 1 is 1.10 bits per heavy atom. The number of aliphatic hydroxyl groups excluding tert-OH is 1. The van der Waals surface area contributed by atoms with E-state index in [-0.39, 0.29) is 17.7 Å². The van der Waals surface area contributed by atoms with E-state index in [0.717, 1.165) is 25.7 Å². The number of nitrogens with zero attached hydrogens (tertiary/aromatic N) is 1. The molecule has 0 aliphatic heterocycles. The quantitative estimate of drug-likeness (QED) is 0.766. The molecule has 1 aromatic carbocycles. The van der Waals surface area contributed by atoms with Gasteiger partial charge >= 0.3 is 5.97 Å². The number of rotatable bonds is 7. The molecule has 5 heteroatoms. The lowest BCUT2D eigenvalue weighted by Crippen LogP contribution is -2.22. The van der Waals surface area contributed by atoms with Gasteiger partial charge in [-0.15, -0.1) is 0 Å². The van der Waals surface area contributed by atoms with Gasteiger partial charge in [0.25, 0.3) is 5.56 Å². The molecule has 2 rings (SSSR count). The van der Waals surface area contributed by atoms with Crippen LogP contribution in [-0.2, 0) is 6.54 Å². The SMILES string of the molecule is O=C(O)c1cc(=O)n(CCCCCCO)c2ccccc12.